The summed E-state index contributed by atoms with van der Waals surface area (Å²) < 4.78 is 5.20. The fourth-order valence-corrected chi connectivity index (χ4v) is 2.06. The first kappa shape index (κ1) is 12.4. The number of carboxylic acids is 1. The van der Waals surface area contributed by atoms with Crippen LogP contribution in [0.1, 0.15) is 18.4 Å². The van der Waals surface area contributed by atoms with E-state index in [9.17, 15) is 9.90 Å². The van der Waals surface area contributed by atoms with Gasteiger partial charge >= 0.3 is 5.97 Å². The maximum atomic E-state index is 11.5. The molecule has 1 fully saturated rings. The van der Waals surface area contributed by atoms with Crippen molar-refractivity contribution in [1.29, 1.82) is 5.26 Å². The normalized spacial score (nSPS) is 17.7. The van der Waals surface area contributed by atoms with Gasteiger partial charge in [-0.15, -0.1) is 0 Å². The molecule has 94 valence electrons. The number of hydrogen-bond donors (Lipinski definition) is 2. The van der Waals surface area contributed by atoms with Gasteiger partial charge in [-0.25, -0.2) is 4.79 Å². The maximum Gasteiger partial charge on any atom is 0.329 e. The summed E-state index contributed by atoms with van der Waals surface area (Å²) in [6.45, 7) is 0.821. The van der Waals surface area contributed by atoms with Gasteiger partial charge in [-0.05, 0) is 12.1 Å². The number of nitriles is 1. The Balaban J connectivity index is 2.29. The zero-order valence-corrected chi connectivity index (χ0v) is 9.85. The van der Waals surface area contributed by atoms with Gasteiger partial charge in [0.2, 0.25) is 0 Å². The molecule has 1 heterocycles. The summed E-state index contributed by atoms with van der Waals surface area (Å²) in [6, 6.07) is 8.97. The van der Waals surface area contributed by atoms with Gasteiger partial charge in [0.05, 0.1) is 11.3 Å². The van der Waals surface area contributed by atoms with E-state index >= 15 is 0 Å². The van der Waals surface area contributed by atoms with Crippen molar-refractivity contribution in [2.75, 3.05) is 18.5 Å². The molecule has 1 aromatic rings. The lowest BCUT2D eigenvalue weighted by Gasteiger charge is -2.35. The second-order valence-electron chi connectivity index (χ2n) is 4.28. The number of aliphatic carboxylic acids is 1. The topological polar surface area (TPSA) is 82.4 Å². The van der Waals surface area contributed by atoms with Gasteiger partial charge in [-0.1, -0.05) is 12.1 Å². The third-order valence-electron chi connectivity index (χ3n) is 3.18. The molecule has 0 amide bonds. The zero-order chi connectivity index (χ0) is 13.0. The Morgan fingerprint density at radius 3 is 2.67 bits per heavy atom. The summed E-state index contributed by atoms with van der Waals surface area (Å²) in [4.78, 5) is 11.5. The molecule has 0 atom stereocenters. The fourth-order valence-electron chi connectivity index (χ4n) is 2.06. The highest BCUT2D eigenvalue weighted by Crippen LogP contribution is 2.28. The predicted octanol–water partition coefficient (Wildman–Crippen LogP) is 1.60. The average Bonchev–Trinajstić information content (AvgIpc) is 2.40. The minimum Gasteiger partial charge on any atom is -0.480 e. The van der Waals surface area contributed by atoms with Crippen LogP contribution in [0.4, 0.5) is 5.69 Å². The molecule has 2 rings (SSSR count). The summed E-state index contributed by atoms with van der Waals surface area (Å²) in [5.74, 6) is -0.904. The predicted molar refractivity (Wildman–Crippen MR) is 65.2 cm³/mol. The van der Waals surface area contributed by atoms with E-state index in [1.54, 1.807) is 24.3 Å². The number of ether oxygens (including phenoxy) is 1. The molecule has 2 N–H and O–H groups in total. The van der Waals surface area contributed by atoms with Crippen LogP contribution in [0.2, 0.25) is 0 Å². The SMILES string of the molecule is N#Cc1ccccc1NC1(C(=O)O)CCOCC1. The Morgan fingerprint density at radius 1 is 1.39 bits per heavy atom. The monoisotopic (exact) mass is 246 g/mol. The number of nitrogens with one attached hydrogen (secondary N) is 1. The standard InChI is InChI=1S/C13H14N2O3/c14-9-10-3-1-2-4-11(10)15-13(12(16)17)5-7-18-8-6-13/h1-4,15H,5-8H2,(H,16,17). The van der Waals surface area contributed by atoms with Crippen LogP contribution in [-0.4, -0.2) is 29.8 Å². The molecule has 0 spiro atoms. The van der Waals surface area contributed by atoms with Crippen LogP contribution in [0.5, 0.6) is 0 Å². The summed E-state index contributed by atoms with van der Waals surface area (Å²) in [7, 11) is 0. The highest BCUT2D eigenvalue weighted by atomic mass is 16.5. The van der Waals surface area contributed by atoms with Gasteiger partial charge < -0.3 is 15.2 Å². The van der Waals surface area contributed by atoms with Crippen molar-refractivity contribution in [1.82, 2.24) is 0 Å². The number of carbonyl (C=O) groups is 1. The van der Waals surface area contributed by atoms with Crippen LogP contribution in [0, 0.1) is 11.3 Å². The van der Waals surface area contributed by atoms with Crippen LogP contribution in [0.3, 0.4) is 0 Å². The molecule has 0 bridgehead atoms. The van der Waals surface area contributed by atoms with Crippen LogP contribution in [-0.2, 0) is 9.53 Å². The molecule has 1 aliphatic heterocycles. The maximum absolute atomic E-state index is 11.5. The number of carboxylic acid groups (broad SMARTS) is 1. The summed E-state index contributed by atoms with van der Waals surface area (Å²) in [5, 5.41) is 21.4. The lowest BCUT2D eigenvalue weighted by atomic mass is 9.89. The van der Waals surface area contributed by atoms with E-state index in [2.05, 4.69) is 11.4 Å². The molecule has 5 heteroatoms. The Morgan fingerprint density at radius 2 is 2.06 bits per heavy atom. The molecule has 1 aromatic carbocycles. The Kier molecular flexibility index (Phi) is 3.49. The average molecular weight is 246 g/mol. The molecule has 5 nitrogen and oxygen atoms in total. The van der Waals surface area contributed by atoms with Gasteiger partial charge in [-0.3, -0.25) is 0 Å². The smallest absolute Gasteiger partial charge is 0.329 e. The molecular weight excluding hydrogens is 232 g/mol. The van der Waals surface area contributed by atoms with E-state index < -0.39 is 11.5 Å². The zero-order valence-electron chi connectivity index (χ0n) is 9.85. The van der Waals surface area contributed by atoms with Crippen molar-refractivity contribution < 1.29 is 14.6 Å². The van der Waals surface area contributed by atoms with E-state index in [1.807, 2.05) is 0 Å². The van der Waals surface area contributed by atoms with Crippen molar-refractivity contribution in [3.63, 3.8) is 0 Å². The quantitative estimate of drug-likeness (QED) is 0.846. The van der Waals surface area contributed by atoms with Gasteiger partial charge in [0.25, 0.3) is 0 Å². The minimum absolute atomic E-state index is 0.391. The molecule has 0 aromatic heterocycles. The van der Waals surface area contributed by atoms with E-state index in [1.165, 1.54) is 0 Å². The largest absolute Gasteiger partial charge is 0.480 e. The van der Waals surface area contributed by atoms with E-state index in [0.717, 1.165) is 0 Å². The number of anilines is 1. The molecule has 1 saturated heterocycles. The molecular formula is C13H14N2O3. The van der Waals surface area contributed by atoms with E-state index in [4.69, 9.17) is 10.00 Å². The van der Waals surface area contributed by atoms with Crippen molar-refractivity contribution in [2.45, 2.75) is 18.4 Å². The number of rotatable bonds is 3. The Labute approximate surface area is 105 Å². The van der Waals surface area contributed by atoms with Crippen molar-refractivity contribution >= 4 is 11.7 Å². The highest BCUT2D eigenvalue weighted by Gasteiger charge is 2.40. The third kappa shape index (κ3) is 2.29. The van der Waals surface area contributed by atoms with Crippen molar-refractivity contribution in [2.24, 2.45) is 0 Å². The van der Waals surface area contributed by atoms with E-state index in [0.29, 0.717) is 37.3 Å². The summed E-state index contributed by atoms with van der Waals surface area (Å²) in [5.41, 5.74) is -0.0282. The number of hydrogen-bond acceptors (Lipinski definition) is 4. The van der Waals surface area contributed by atoms with Crippen LogP contribution in [0.25, 0.3) is 0 Å². The lowest BCUT2D eigenvalue weighted by Crippen LogP contribution is -2.50. The molecule has 1 aliphatic rings. The van der Waals surface area contributed by atoms with Crippen LogP contribution >= 0.6 is 0 Å². The Hall–Kier alpha value is -2.06. The molecule has 18 heavy (non-hydrogen) atoms. The Bertz CT molecular complexity index is 487. The summed E-state index contributed by atoms with van der Waals surface area (Å²) in [6.07, 6.45) is 0.782. The van der Waals surface area contributed by atoms with Gasteiger partial charge in [-0.2, -0.15) is 5.26 Å². The second kappa shape index (κ2) is 5.07. The first-order valence-electron chi connectivity index (χ1n) is 5.76. The molecule has 0 aliphatic carbocycles. The first-order valence-corrected chi connectivity index (χ1v) is 5.76. The van der Waals surface area contributed by atoms with E-state index in [-0.39, 0.29) is 0 Å². The lowest BCUT2D eigenvalue weighted by molar-refractivity contribution is -0.145. The first-order chi connectivity index (χ1) is 8.68. The van der Waals surface area contributed by atoms with Crippen molar-refractivity contribution in [3.05, 3.63) is 29.8 Å². The van der Waals surface area contributed by atoms with Crippen molar-refractivity contribution in [3.8, 4) is 6.07 Å². The number of nitrogens with zero attached hydrogens (tertiary/aromatic N) is 1. The number of para-hydroxylation sites is 1. The molecule has 0 unspecified atom stereocenters. The van der Waals surface area contributed by atoms with Crippen LogP contribution in [0.15, 0.2) is 24.3 Å². The van der Waals surface area contributed by atoms with Gasteiger partial charge in [0.1, 0.15) is 11.6 Å². The van der Waals surface area contributed by atoms with Gasteiger partial charge in [0.15, 0.2) is 0 Å². The third-order valence-corrected chi connectivity index (χ3v) is 3.18. The molecule has 0 radical (unpaired) electrons. The molecule has 0 saturated carbocycles. The summed E-state index contributed by atoms with van der Waals surface area (Å²) >= 11 is 0. The minimum atomic E-state index is -1.04. The van der Waals surface area contributed by atoms with Gasteiger partial charge in [0, 0.05) is 26.1 Å². The fraction of sp³-hybridized carbons (Fsp3) is 0.385. The number of benzene rings is 1. The van der Waals surface area contributed by atoms with Crippen LogP contribution < -0.4 is 5.32 Å². The highest BCUT2D eigenvalue weighted by molar-refractivity contribution is 5.83. The second-order valence-corrected chi connectivity index (χ2v) is 4.28.